The molecule has 1 amide bonds. The van der Waals surface area contributed by atoms with E-state index in [1.165, 1.54) is 0 Å². The predicted molar refractivity (Wildman–Crippen MR) is 63.1 cm³/mol. The highest BCUT2D eigenvalue weighted by molar-refractivity contribution is 6.32. The molecule has 1 aromatic rings. The summed E-state index contributed by atoms with van der Waals surface area (Å²) in [6, 6.07) is 7.90. The zero-order chi connectivity index (χ0) is 12.8. The number of anilines is 1. The monoisotopic (exact) mass is 231 g/mol. The molecule has 0 aromatic heterocycles. The summed E-state index contributed by atoms with van der Waals surface area (Å²) >= 11 is 0. The Bertz CT molecular complexity index is 485. The van der Waals surface area contributed by atoms with Crippen molar-refractivity contribution in [3.05, 3.63) is 35.9 Å². The average Bonchev–Trinajstić information content (AvgIpc) is 2.57. The van der Waals surface area contributed by atoms with Crippen molar-refractivity contribution >= 4 is 23.3 Å². The third kappa shape index (κ3) is 2.49. The van der Waals surface area contributed by atoms with Crippen LogP contribution in [0.4, 0.5) is 5.69 Å². The lowest BCUT2D eigenvalue weighted by atomic mass is 10.1. The first-order valence-electron chi connectivity index (χ1n) is 5.24. The minimum absolute atomic E-state index is 0.105. The van der Waals surface area contributed by atoms with E-state index in [1.54, 1.807) is 4.90 Å². The first-order chi connectivity index (χ1) is 8.17. The molecule has 0 aliphatic carbocycles. The van der Waals surface area contributed by atoms with E-state index in [-0.39, 0.29) is 12.1 Å². The van der Waals surface area contributed by atoms with E-state index >= 15 is 0 Å². The Morgan fingerprint density at radius 1 is 1.29 bits per heavy atom. The minimum atomic E-state index is 0.105. The second-order valence-electron chi connectivity index (χ2n) is 3.49. The van der Waals surface area contributed by atoms with Crippen molar-refractivity contribution in [1.82, 2.24) is 0 Å². The van der Waals surface area contributed by atoms with Gasteiger partial charge in [-0.15, -0.1) is 0 Å². The first-order valence-corrected chi connectivity index (χ1v) is 5.24. The highest BCUT2D eigenvalue weighted by Crippen LogP contribution is 2.35. The van der Waals surface area contributed by atoms with Crippen LogP contribution in [0.3, 0.4) is 0 Å². The number of nitrogens with zero attached hydrogens (tertiary/aromatic N) is 1. The van der Waals surface area contributed by atoms with Gasteiger partial charge in [0.25, 0.3) is 5.91 Å². The molecular weight excluding hydrogens is 218 g/mol. The van der Waals surface area contributed by atoms with E-state index < -0.39 is 0 Å². The number of benzene rings is 1. The summed E-state index contributed by atoms with van der Waals surface area (Å²) in [7, 11) is 1.82. The molecule has 0 atom stereocenters. The Hall–Kier alpha value is -2.19. The van der Waals surface area contributed by atoms with Gasteiger partial charge in [0.2, 0.25) is 0 Å². The first kappa shape index (κ1) is 12.9. The van der Waals surface area contributed by atoms with Gasteiger partial charge in [-0.05, 0) is 12.5 Å². The fraction of sp³-hybridized carbons (Fsp3) is 0.231. The van der Waals surface area contributed by atoms with Gasteiger partial charge < -0.3 is 4.90 Å². The van der Waals surface area contributed by atoms with E-state index in [1.807, 2.05) is 44.3 Å². The van der Waals surface area contributed by atoms with Gasteiger partial charge in [0.05, 0.1) is 5.69 Å². The standard InChI is InChI=1S/C12H13NO.CO2/c1-3-6-10-9-7-4-5-8-11(9)13(2)12(10)14;2-1-3/h4-8H,3H2,1-2H3;/b10-6+;. The molecule has 1 aliphatic rings. The number of fused-ring (bicyclic) bond motifs is 1. The van der Waals surface area contributed by atoms with Gasteiger partial charge in [0.15, 0.2) is 0 Å². The van der Waals surface area contributed by atoms with Crippen LogP contribution in [0.1, 0.15) is 18.9 Å². The van der Waals surface area contributed by atoms with E-state index in [4.69, 9.17) is 9.59 Å². The van der Waals surface area contributed by atoms with Crippen molar-refractivity contribution in [1.29, 1.82) is 0 Å². The number of para-hydroxylation sites is 1. The Kier molecular flexibility index (Phi) is 4.37. The molecule has 0 saturated carbocycles. The molecule has 0 fully saturated rings. The van der Waals surface area contributed by atoms with Crippen LogP contribution in [-0.4, -0.2) is 19.1 Å². The maximum Gasteiger partial charge on any atom is 0.373 e. The van der Waals surface area contributed by atoms with Crippen LogP contribution in [0, 0.1) is 0 Å². The Morgan fingerprint density at radius 3 is 2.47 bits per heavy atom. The lowest BCUT2D eigenvalue weighted by Gasteiger charge is -2.07. The van der Waals surface area contributed by atoms with E-state index in [0.717, 1.165) is 23.2 Å². The van der Waals surface area contributed by atoms with Gasteiger partial charge in [0.1, 0.15) is 0 Å². The molecule has 1 heterocycles. The zero-order valence-corrected chi connectivity index (χ0v) is 9.77. The molecule has 4 heteroatoms. The Balaban J connectivity index is 0.000000437. The van der Waals surface area contributed by atoms with Gasteiger partial charge in [-0.1, -0.05) is 31.2 Å². The van der Waals surface area contributed by atoms with Crippen molar-refractivity contribution in [2.24, 2.45) is 0 Å². The lowest BCUT2D eigenvalue weighted by Crippen LogP contribution is -2.20. The largest absolute Gasteiger partial charge is 0.373 e. The van der Waals surface area contributed by atoms with E-state index in [2.05, 4.69) is 0 Å². The molecule has 0 radical (unpaired) electrons. The van der Waals surface area contributed by atoms with Gasteiger partial charge in [-0.2, -0.15) is 9.59 Å². The summed E-state index contributed by atoms with van der Waals surface area (Å²) in [5, 5.41) is 0. The molecule has 88 valence electrons. The quantitative estimate of drug-likeness (QED) is 0.693. The zero-order valence-electron chi connectivity index (χ0n) is 9.77. The molecule has 0 spiro atoms. The average molecular weight is 231 g/mol. The predicted octanol–water partition coefficient (Wildman–Crippen LogP) is 1.87. The summed E-state index contributed by atoms with van der Waals surface area (Å²) < 4.78 is 0. The van der Waals surface area contributed by atoms with Crippen LogP contribution < -0.4 is 4.90 Å². The number of amides is 1. The van der Waals surface area contributed by atoms with Crippen LogP contribution >= 0.6 is 0 Å². The number of carbonyl (C=O) groups excluding carboxylic acids is 3. The topological polar surface area (TPSA) is 54.5 Å². The number of hydrogen-bond acceptors (Lipinski definition) is 3. The summed E-state index contributed by atoms with van der Waals surface area (Å²) in [5.41, 5.74) is 2.91. The molecule has 4 nitrogen and oxygen atoms in total. The molecule has 0 unspecified atom stereocenters. The number of rotatable bonds is 1. The Labute approximate surface area is 99.5 Å². The summed E-state index contributed by atoms with van der Waals surface area (Å²) in [6.07, 6.45) is 3.13. The van der Waals surface area contributed by atoms with E-state index in [0.29, 0.717) is 0 Å². The van der Waals surface area contributed by atoms with Gasteiger partial charge in [0, 0.05) is 18.2 Å². The molecule has 0 saturated heterocycles. The second kappa shape index (κ2) is 5.77. The molecule has 17 heavy (non-hydrogen) atoms. The van der Waals surface area contributed by atoms with Crippen molar-refractivity contribution in [3.8, 4) is 0 Å². The van der Waals surface area contributed by atoms with Gasteiger partial charge in [-0.3, -0.25) is 4.79 Å². The van der Waals surface area contributed by atoms with Crippen molar-refractivity contribution in [3.63, 3.8) is 0 Å². The molecule has 0 N–H and O–H groups in total. The molecular formula is C13H13NO3. The van der Waals surface area contributed by atoms with Gasteiger partial charge >= 0.3 is 6.15 Å². The normalized spacial score (nSPS) is 15.1. The summed E-state index contributed by atoms with van der Waals surface area (Å²) in [4.78, 5) is 29.8. The van der Waals surface area contributed by atoms with Crippen LogP contribution in [0.15, 0.2) is 30.3 Å². The Morgan fingerprint density at radius 2 is 1.88 bits per heavy atom. The smallest absolute Gasteiger partial charge is 0.311 e. The fourth-order valence-electron chi connectivity index (χ4n) is 1.80. The van der Waals surface area contributed by atoms with Crippen LogP contribution in [0.2, 0.25) is 0 Å². The van der Waals surface area contributed by atoms with Crippen molar-refractivity contribution in [2.75, 3.05) is 11.9 Å². The maximum atomic E-state index is 11.8. The van der Waals surface area contributed by atoms with Crippen LogP contribution in [-0.2, 0) is 14.4 Å². The summed E-state index contributed by atoms with van der Waals surface area (Å²) in [5.74, 6) is 0.105. The second-order valence-corrected chi connectivity index (χ2v) is 3.49. The van der Waals surface area contributed by atoms with E-state index in [9.17, 15) is 4.79 Å². The lowest BCUT2D eigenvalue weighted by molar-refractivity contribution is -0.191. The fourth-order valence-corrected chi connectivity index (χ4v) is 1.80. The third-order valence-electron chi connectivity index (χ3n) is 2.50. The van der Waals surface area contributed by atoms with Crippen LogP contribution in [0.5, 0.6) is 0 Å². The molecule has 2 rings (SSSR count). The molecule has 0 bridgehead atoms. The van der Waals surface area contributed by atoms with Crippen molar-refractivity contribution < 1.29 is 14.4 Å². The number of hydrogen-bond donors (Lipinski definition) is 0. The highest BCUT2D eigenvalue weighted by atomic mass is 16.2. The number of carbonyl (C=O) groups is 1. The maximum absolute atomic E-state index is 11.8. The van der Waals surface area contributed by atoms with Crippen LogP contribution in [0.25, 0.3) is 5.57 Å². The number of likely N-dealkylation sites (N-methyl/N-ethyl adjacent to an activating group) is 1. The molecule has 1 aliphatic heterocycles. The number of allylic oxidation sites excluding steroid dienone is 1. The summed E-state index contributed by atoms with van der Waals surface area (Å²) in [6.45, 7) is 2.04. The highest BCUT2D eigenvalue weighted by Gasteiger charge is 2.28. The SMILES string of the molecule is CC/C=C1/C(=O)N(C)c2ccccc21.O=C=O. The third-order valence-corrected chi connectivity index (χ3v) is 2.50. The van der Waals surface area contributed by atoms with Gasteiger partial charge in [-0.25, -0.2) is 0 Å². The molecule has 1 aromatic carbocycles. The minimum Gasteiger partial charge on any atom is -0.311 e. The van der Waals surface area contributed by atoms with Crippen molar-refractivity contribution in [2.45, 2.75) is 13.3 Å².